The molecule has 1 atom stereocenters. The maximum atomic E-state index is 10.3. The number of aliphatic hydroxyl groups is 1. The topological polar surface area (TPSA) is 93.1 Å². The van der Waals surface area contributed by atoms with Crippen LogP contribution in [0.5, 0.6) is 0 Å². The molecular formula is C7H16O6S. The third kappa shape index (κ3) is 9.87. The van der Waals surface area contributed by atoms with Gasteiger partial charge in [0.05, 0.1) is 19.0 Å². The van der Waals surface area contributed by atoms with Crippen LogP contribution in [0.4, 0.5) is 0 Å². The van der Waals surface area contributed by atoms with E-state index in [9.17, 15) is 8.42 Å². The molecule has 0 saturated heterocycles. The Kier molecular flexibility index (Phi) is 7.02. The minimum Gasteiger partial charge on any atom is -0.379 e. The molecule has 0 heterocycles. The fraction of sp³-hybridized carbons (Fsp3) is 1.00. The van der Waals surface area contributed by atoms with Crippen molar-refractivity contribution in [3.8, 4) is 0 Å². The first kappa shape index (κ1) is 13.8. The van der Waals surface area contributed by atoms with Gasteiger partial charge in [-0.25, -0.2) is 0 Å². The summed E-state index contributed by atoms with van der Waals surface area (Å²) >= 11 is 0. The quantitative estimate of drug-likeness (QED) is 0.334. The van der Waals surface area contributed by atoms with Crippen LogP contribution in [0.25, 0.3) is 0 Å². The first-order valence-electron chi connectivity index (χ1n) is 4.28. The largest absolute Gasteiger partial charge is 0.379 e. The van der Waals surface area contributed by atoms with Crippen LogP contribution in [0.2, 0.25) is 0 Å². The van der Waals surface area contributed by atoms with Gasteiger partial charge in [-0.15, -0.1) is 0 Å². The van der Waals surface area contributed by atoms with Crippen molar-refractivity contribution in [1.29, 1.82) is 0 Å². The molecule has 0 fully saturated rings. The lowest BCUT2D eigenvalue weighted by atomic mass is 10.5. The van der Waals surface area contributed by atoms with Crippen LogP contribution in [0.1, 0.15) is 13.3 Å². The molecule has 0 aromatic rings. The third-order valence-corrected chi connectivity index (χ3v) is 2.12. The summed E-state index contributed by atoms with van der Waals surface area (Å²) in [6, 6.07) is 0. The number of hydrogen-bond donors (Lipinski definition) is 2. The van der Waals surface area contributed by atoms with Crippen LogP contribution >= 0.6 is 0 Å². The number of hydrogen-bond acceptors (Lipinski definition) is 5. The molecular weight excluding hydrogens is 212 g/mol. The zero-order valence-electron chi connectivity index (χ0n) is 8.05. The predicted molar refractivity (Wildman–Crippen MR) is 49.5 cm³/mol. The Morgan fingerprint density at radius 1 is 1.36 bits per heavy atom. The van der Waals surface area contributed by atoms with E-state index in [0.717, 1.165) is 0 Å². The molecule has 0 bridgehead atoms. The molecule has 6 nitrogen and oxygen atoms in total. The lowest BCUT2D eigenvalue weighted by Gasteiger charge is -2.10. The molecule has 7 heteroatoms. The van der Waals surface area contributed by atoms with E-state index in [1.807, 2.05) is 6.92 Å². The van der Waals surface area contributed by atoms with Crippen molar-refractivity contribution in [1.82, 2.24) is 0 Å². The van der Waals surface area contributed by atoms with Crippen molar-refractivity contribution in [2.75, 3.05) is 25.6 Å². The number of ether oxygens (including phenoxy) is 2. The van der Waals surface area contributed by atoms with Crippen LogP contribution < -0.4 is 0 Å². The van der Waals surface area contributed by atoms with Crippen molar-refractivity contribution < 1.29 is 27.6 Å². The van der Waals surface area contributed by atoms with Gasteiger partial charge in [0.15, 0.2) is 6.29 Å². The van der Waals surface area contributed by atoms with Gasteiger partial charge in [0.1, 0.15) is 0 Å². The molecule has 1 unspecified atom stereocenters. The molecule has 0 aliphatic heterocycles. The average Bonchev–Trinajstić information content (AvgIpc) is 2.08. The Morgan fingerprint density at radius 2 is 2.00 bits per heavy atom. The normalized spacial score (nSPS) is 14.2. The molecule has 2 N–H and O–H groups in total. The predicted octanol–water partition coefficient (Wildman–Crippen LogP) is -0.364. The first-order valence-corrected chi connectivity index (χ1v) is 5.89. The van der Waals surface area contributed by atoms with Gasteiger partial charge in [-0.2, -0.15) is 8.42 Å². The molecule has 0 spiro atoms. The van der Waals surface area contributed by atoms with Gasteiger partial charge in [-0.1, -0.05) is 0 Å². The minimum atomic E-state index is -4.03. The summed E-state index contributed by atoms with van der Waals surface area (Å²) in [4.78, 5) is 0. The van der Waals surface area contributed by atoms with Crippen LogP contribution in [-0.4, -0.2) is 49.9 Å². The second-order valence-corrected chi connectivity index (χ2v) is 4.17. The highest BCUT2D eigenvalue weighted by Crippen LogP contribution is 1.97. The summed E-state index contributed by atoms with van der Waals surface area (Å²) in [6.07, 6.45) is -1.33. The molecule has 86 valence electrons. The smallest absolute Gasteiger partial charge is 0.265 e. The summed E-state index contributed by atoms with van der Waals surface area (Å²) in [5.74, 6) is -0.511. The van der Waals surface area contributed by atoms with Crippen molar-refractivity contribution in [2.45, 2.75) is 19.6 Å². The van der Waals surface area contributed by atoms with Crippen molar-refractivity contribution >= 4 is 10.1 Å². The summed E-state index contributed by atoms with van der Waals surface area (Å²) in [5, 5.41) is 9.06. The molecule has 0 aliphatic carbocycles. The Morgan fingerprint density at radius 3 is 2.50 bits per heavy atom. The third-order valence-electron chi connectivity index (χ3n) is 1.36. The molecule has 14 heavy (non-hydrogen) atoms. The van der Waals surface area contributed by atoms with Gasteiger partial charge >= 0.3 is 0 Å². The Bertz CT molecular complexity index is 224. The molecule has 0 radical (unpaired) electrons. The Hall–Kier alpha value is -0.210. The van der Waals surface area contributed by atoms with E-state index in [0.29, 0.717) is 13.2 Å². The zero-order valence-corrected chi connectivity index (χ0v) is 8.87. The van der Waals surface area contributed by atoms with Gasteiger partial charge in [0.25, 0.3) is 10.1 Å². The fourth-order valence-corrected chi connectivity index (χ4v) is 1.22. The van der Waals surface area contributed by atoms with E-state index in [1.165, 1.54) is 0 Å². The highest BCUT2D eigenvalue weighted by atomic mass is 32.2. The summed E-state index contributed by atoms with van der Waals surface area (Å²) in [5.41, 5.74) is 0. The van der Waals surface area contributed by atoms with Crippen molar-refractivity contribution in [3.63, 3.8) is 0 Å². The lowest BCUT2D eigenvalue weighted by Crippen LogP contribution is -2.19. The first-order chi connectivity index (χ1) is 6.45. The van der Waals surface area contributed by atoms with Crippen LogP contribution in [-0.2, 0) is 19.6 Å². The molecule has 0 aromatic heterocycles. The van der Waals surface area contributed by atoms with E-state index in [2.05, 4.69) is 0 Å². The highest BCUT2D eigenvalue weighted by molar-refractivity contribution is 7.85. The van der Waals surface area contributed by atoms with Gasteiger partial charge in [-0.3, -0.25) is 4.55 Å². The van der Waals surface area contributed by atoms with Crippen LogP contribution in [0.3, 0.4) is 0 Å². The SMILES string of the molecule is CCOCCOC(O)CCS(=O)(=O)O. The molecule has 0 aliphatic rings. The standard InChI is InChI=1S/C7H16O6S/c1-2-12-4-5-13-7(8)3-6-14(9,10)11/h7-8H,2-6H2,1H3,(H,9,10,11). The summed E-state index contributed by atoms with van der Waals surface area (Å²) < 4.78 is 38.6. The number of aliphatic hydroxyl groups excluding tert-OH is 1. The van der Waals surface area contributed by atoms with E-state index in [-0.39, 0.29) is 13.0 Å². The molecule has 0 rings (SSSR count). The van der Waals surface area contributed by atoms with Crippen molar-refractivity contribution in [3.05, 3.63) is 0 Å². The fourth-order valence-electron chi connectivity index (χ4n) is 0.720. The Balaban J connectivity index is 3.42. The maximum Gasteiger partial charge on any atom is 0.265 e. The van der Waals surface area contributed by atoms with Crippen LogP contribution in [0.15, 0.2) is 0 Å². The average molecular weight is 228 g/mol. The lowest BCUT2D eigenvalue weighted by molar-refractivity contribution is -0.112. The minimum absolute atomic E-state index is 0.148. The summed E-state index contributed by atoms with van der Waals surface area (Å²) in [6.45, 7) is 2.93. The molecule has 0 amide bonds. The van der Waals surface area contributed by atoms with Crippen LogP contribution in [0, 0.1) is 0 Å². The van der Waals surface area contributed by atoms with Gasteiger partial charge in [0, 0.05) is 13.0 Å². The molecule has 0 aromatic carbocycles. The van der Waals surface area contributed by atoms with E-state index in [4.69, 9.17) is 19.1 Å². The zero-order chi connectivity index (χ0) is 11.0. The van der Waals surface area contributed by atoms with Gasteiger partial charge in [-0.05, 0) is 6.92 Å². The van der Waals surface area contributed by atoms with E-state index in [1.54, 1.807) is 0 Å². The number of rotatable bonds is 8. The van der Waals surface area contributed by atoms with Gasteiger partial charge < -0.3 is 14.6 Å². The summed E-state index contributed by atoms with van der Waals surface area (Å²) in [7, 11) is -4.03. The van der Waals surface area contributed by atoms with Gasteiger partial charge in [0.2, 0.25) is 0 Å². The second-order valence-electron chi connectivity index (χ2n) is 2.60. The molecule has 0 saturated carbocycles. The second kappa shape index (κ2) is 7.13. The van der Waals surface area contributed by atoms with E-state index >= 15 is 0 Å². The van der Waals surface area contributed by atoms with Crippen molar-refractivity contribution in [2.24, 2.45) is 0 Å². The van der Waals surface area contributed by atoms with E-state index < -0.39 is 22.2 Å². The highest BCUT2D eigenvalue weighted by Gasteiger charge is 2.10. The Labute approximate surface area is 83.6 Å². The maximum absolute atomic E-state index is 10.3. The monoisotopic (exact) mass is 228 g/mol.